The molecule has 0 aromatic heterocycles. The molecule has 0 fully saturated rings. The van der Waals surface area contributed by atoms with Crippen molar-refractivity contribution in [3.63, 3.8) is 0 Å². The molecule has 1 amide bonds. The maximum atomic E-state index is 9.78. The molecule has 0 atom stereocenters. The molecule has 0 heterocycles. The summed E-state index contributed by atoms with van der Waals surface area (Å²) >= 11 is 0. The van der Waals surface area contributed by atoms with Crippen LogP contribution in [0.3, 0.4) is 0 Å². The van der Waals surface area contributed by atoms with Crippen molar-refractivity contribution in [3.8, 4) is 5.75 Å². The first-order valence-electron chi connectivity index (χ1n) is 3.67. The molecule has 0 saturated carbocycles. The van der Waals surface area contributed by atoms with Gasteiger partial charge in [0.05, 0.1) is 6.61 Å². The Kier molecular flexibility index (Phi) is 3.74. The van der Waals surface area contributed by atoms with Crippen LogP contribution in [-0.4, -0.2) is 11.5 Å². The first-order valence-corrected chi connectivity index (χ1v) is 3.67. The Balaban J connectivity index is 2.36. The van der Waals surface area contributed by atoms with Gasteiger partial charge >= 0.3 is 0 Å². The Morgan fingerprint density at radius 2 is 2.23 bits per heavy atom. The van der Waals surface area contributed by atoms with Crippen molar-refractivity contribution >= 4 is 6.41 Å². The number of hydrazine groups is 1. The lowest BCUT2D eigenvalue weighted by molar-refractivity contribution is -0.115. The SMILES string of the molecule is O=CNNOCc1ccccc1O. The maximum Gasteiger partial charge on any atom is 0.223 e. The molecule has 1 aromatic rings. The molecular weight excluding hydrogens is 172 g/mol. The predicted molar refractivity (Wildman–Crippen MR) is 45.2 cm³/mol. The first kappa shape index (κ1) is 9.50. The van der Waals surface area contributed by atoms with Gasteiger partial charge in [0.15, 0.2) is 0 Å². The number of amides is 1. The monoisotopic (exact) mass is 182 g/mol. The van der Waals surface area contributed by atoms with Gasteiger partial charge in [-0.3, -0.25) is 15.1 Å². The van der Waals surface area contributed by atoms with Gasteiger partial charge < -0.3 is 5.11 Å². The molecule has 1 aromatic carbocycles. The third kappa shape index (κ3) is 3.10. The summed E-state index contributed by atoms with van der Waals surface area (Å²) < 4.78 is 0. The largest absolute Gasteiger partial charge is 0.508 e. The lowest BCUT2D eigenvalue weighted by Crippen LogP contribution is -2.30. The standard InChI is InChI=1S/C8H10N2O3/c11-6-9-10-13-5-7-3-1-2-4-8(7)12/h1-4,6,10,12H,5H2,(H,9,11). The minimum atomic E-state index is 0.162. The number of benzene rings is 1. The normalized spacial score (nSPS) is 9.54. The summed E-state index contributed by atoms with van der Waals surface area (Å²) in [7, 11) is 0. The molecule has 1 rings (SSSR count). The minimum absolute atomic E-state index is 0.162. The van der Waals surface area contributed by atoms with Gasteiger partial charge in [-0.05, 0) is 6.07 Å². The van der Waals surface area contributed by atoms with Crippen LogP contribution in [0.1, 0.15) is 5.56 Å². The van der Waals surface area contributed by atoms with Crippen molar-refractivity contribution in [3.05, 3.63) is 29.8 Å². The van der Waals surface area contributed by atoms with Crippen LogP contribution < -0.4 is 11.0 Å². The molecule has 13 heavy (non-hydrogen) atoms. The molecule has 70 valence electrons. The van der Waals surface area contributed by atoms with Gasteiger partial charge in [0.25, 0.3) is 0 Å². The average molecular weight is 182 g/mol. The van der Waals surface area contributed by atoms with E-state index in [0.717, 1.165) is 0 Å². The van der Waals surface area contributed by atoms with Crippen LogP contribution in [-0.2, 0) is 16.2 Å². The van der Waals surface area contributed by atoms with Crippen molar-refractivity contribution in [2.45, 2.75) is 6.61 Å². The molecule has 5 nitrogen and oxygen atoms in total. The van der Waals surface area contributed by atoms with E-state index in [1.54, 1.807) is 24.3 Å². The zero-order valence-electron chi connectivity index (χ0n) is 6.86. The number of rotatable bonds is 5. The number of phenolic OH excluding ortho intramolecular Hbond substituents is 1. The second-order valence-corrected chi connectivity index (χ2v) is 2.28. The number of para-hydroxylation sites is 1. The van der Waals surface area contributed by atoms with Gasteiger partial charge in [-0.25, -0.2) is 0 Å². The van der Waals surface area contributed by atoms with E-state index in [1.165, 1.54) is 0 Å². The van der Waals surface area contributed by atoms with Crippen molar-refractivity contribution in [2.75, 3.05) is 0 Å². The minimum Gasteiger partial charge on any atom is -0.508 e. The zero-order chi connectivity index (χ0) is 9.52. The topological polar surface area (TPSA) is 70.6 Å². The summed E-state index contributed by atoms with van der Waals surface area (Å²) in [5.74, 6) is 0.162. The molecule has 0 aliphatic carbocycles. The van der Waals surface area contributed by atoms with Gasteiger partial charge in [0.2, 0.25) is 6.41 Å². The van der Waals surface area contributed by atoms with Crippen molar-refractivity contribution < 1.29 is 14.7 Å². The predicted octanol–water partition coefficient (Wildman–Crippen LogP) is 0.0744. The van der Waals surface area contributed by atoms with E-state index >= 15 is 0 Å². The lowest BCUT2D eigenvalue weighted by atomic mass is 10.2. The van der Waals surface area contributed by atoms with Crippen LogP contribution in [0, 0.1) is 0 Å². The highest BCUT2D eigenvalue weighted by Gasteiger charge is 1.98. The Hall–Kier alpha value is -1.59. The highest BCUT2D eigenvalue weighted by molar-refractivity contribution is 5.44. The number of carbonyl (C=O) groups is 1. The molecule has 0 unspecified atom stereocenters. The summed E-state index contributed by atoms with van der Waals surface area (Å²) in [6.45, 7) is 0.174. The molecule has 0 aliphatic rings. The average Bonchev–Trinajstić information content (AvgIpc) is 2.15. The Morgan fingerprint density at radius 1 is 1.46 bits per heavy atom. The third-order valence-electron chi connectivity index (χ3n) is 1.41. The second-order valence-electron chi connectivity index (χ2n) is 2.28. The van der Waals surface area contributed by atoms with Crippen LogP contribution in [0.15, 0.2) is 24.3 Å². The van der Waals surface area contributed by atoms with E-state index in [2.05, 4.69) is 11.0 Å². The van der Waals surface area contributed by atoms with Crippen LogP contribution >= 0.6 is 0 Å². The van der Waals surface area contributed by atoms with E-state index in [-0.39, 0.29) is 12.4 Å². The summed E-state index contributed by atoms with van der Waals surface area (Å²) in [6, 6.07) is 6.78. The van der Waals surface area contributed by atoms with Gasteiger partial charge in [-0.1, -0.05) is 18.2 Å². The van der Waals surface area contributed by atoms with Gasteiger partial charge in [0.1, 0.15) is 5.75 Å². The lowest BCUT2D eigenvalue weighted by Gasteiger charge is -2.04. The first-order chi connectivity index (χ1) is 6.34. The zero-order valence-corrected chi connectivity index (χ0v) is 6.86. The van der Waals surface area contributed by atoms with E-state index in [1.807, 2.05) is 0 Å². The van der Waals surface area contributed by atoms with Crippen LogP contribution in [0.2, 0.25) is 0 Å². The van der Waals surface area contributed by atoms with Crippen molar-refractivity contribution in [1.82, 2.24) is 11.0 Å². The molecule has 0 bridgehead atoms. The quantitative estimate of drug-likeness (QED) is 0.342. The second kappa shape index (κ2) is 5.13. The molecule has 0 saturated heterocycles. The van der Waals surface area contributed by atoms with Crippen LogP contribution in [0.5, 0.6) is 5.75 Å². The maximum absolute atomic E-state index is 9.78. The van der Waals surface area contributed by atoms with Crippen LogP contribution in [0.4, 0.5) is 0 Å². The summed E-state index contributed by atoms with van der Waals surface area (Å²) in [4.78, 5) is 14.6. The summed E-state index contributed by atoms with van der Waals surface area (Å²) in [6.07, 6.45) is 0.449. The number of hydrogen-bond acceptors (Lipinski definition) is 4. The molecule has 0 aliphatic heterocycles. The van der Waals surface area contributed by atoms with Gasteiger partial charge in [-0.2, -0.15) is 0 Å². The van der Waals surface area contributed by atoms with Crippen LogP contribution in [0.25, 0.3) is 0 Å². The summed E-state index contributed by atoms with van der Waals surface area (Å²) in [5, 5.41) is 9.27. The molecule has 0 spiro atoms. The third-order valence-corrected chi connectivity index (χ3v) is 1.41. The highest BCUT2D eigenvalue weighted by Crippen LogP contribution is 2.15. The Labute approximate surface area is 75.3 Å². The fraction of sp³-hybridized carbons (Fsp3) is 0.125. The van der Waals surface area contributed by atoms with E-state index in [0.29, 0.717) is 12.0 Å². The Morgan fingerprint density at radius 3 is 2.92 bits per heavy atom. The van der Waals surface area contributed by atoms with E-state index < -0.39 is 0 Å². The smallest absolute Gasteiger partial charge is 0.223 e. The number of nitrogens with one attached hydrogen (secondary N) is 2. The highest BCUT2D eigenvalue weighted by atomic mass is 16.7. The summed E-state index contributed by atoms with van der Waals surface area (Å²) in [5.41, 5.74) is 4.93. The van der Waals surface area contributed by atoms with E-state index in [4.69, 9.17) is 4.84 Å². The molecule has 0 radical (unpaired) electrons. The fourth-order valence-electron chi connectivity index (χ4n) is 0.812. The van der Waals surface area contributed by atoms with Crippen molar-refractivity contribution in [1.29, 1.82) is 0 Å². The van der Waals surface area contributed by atoms with Gasteiger partial charge in [0, 0.05) is 5.56 Å². The molecular formula is C8H10N2O3. The Bertz CT molecular complexity index is 278. The molecule has 3 N–H and O–H groups in total. The number of phenols is 1. The fourth-order valence-corrected chi connectivity index (χ4v) is 0.812. The number of aromatic hydroxyl groups is 1. The number of carbonyl (C=O) groups excluding carboxylic acids is 1. The van der Waals surface area contributed by atoms with Crippen molar-refractivity contribution in [2.24, 2.45) is 0 Å². The van der Waals surface area contributed by atoms with Gasteiger partial charge in [-0.15, -0.1) is 5.59 Å². The molecule has 5 heteroatoms. The van der Waals surface area contributed by atoms with E-state index in [9.17, 15) is 9.90 Å². The number of hydrogen-bond donors (Lipinski definition) is 3.